The van der Waals surface area contributed by atoms with Gasteiger partial charge in [-0.1, -0.05) is 6.07 Å². The highest BCUT2D eigenvalue weighted by atomic mass is 19.1. The van der Waals surface area contributed by atoms with E-state index in [0.29, 0.717) is 12.3 Å². The molecule has 0 saturated heterocycles. The minimum atomic E-state index is -0.423. The summed E-state index contributed by atoms with van der Waals surface area (Å²) in [5, 5.41) is 0. The van der Waals surface area contributed by atoms with E-state index in [2.05, 4.69) is 4.74 Å². The van der Waals surface area contributed by atoms with Gasteiger partial charge in [0.25, 0.3) is 5.91 Å². The highest BCUT2D eigenvalue weighted by Gasteiger charge is 2.14. The van der Waals surface area contributed by atoms with Crippen molar-refractivity contribution in [3.63, 3.8) is 0 Å². The molecule has 0 unspecified atom stereocenters. The number of likely N-dealkylation sites (N-methyl/N-ethyl adjacent to an activating group) is 1. The van der Waals surface area contributed by atoms with Gasteiger partial charge in [-0.15, -0.1) is 0 Å². The first kappa shape index (κ1) is 15.9. The van der Waals surface area contributed by atoms with Gasteiger partial charge in [-0.25, -0.2) is 4.39 Å². The molecule has 110 valence electrons. The van der Waals surface area contributed by atoms with Crippen molar-refractivity contribution in [2.45, 2.75) is 13.3 Å². The molecule has 0 saturated carbocycles. The van der Waals surface area contributed by atoms with Crippen LogP contribution >= 0.6 is 0 Å². The van der Waals surface area contributed by atoms with E-state index >= 15 is 0 Å². The molecule has 0 aromatic heterocycles. The lowest BCUT2D eigenvalue weighted by atomic mass is 10.3. The Morgan fingerprint density at radius 3 is 2.70 bits per heavy atom. The number of ether oxygens (including phenoxy) is 2. The first-order valence-electron chi connectivity index (χ1n) is 6.29. The summed E-state index contributed by atoms with van der Waals surface area (Å²) in [7, 11) is 1.30. The van der Waals surface area contributed by atoms with E-state index in [1.165, 1.54) is 30.2 Å². The van der Waals surface area contributed by atoms with Crippen LogP contribution in [0.3, 0.4) is 0 Å². The first-order chi connectivity index (χ1) is 9.56. The van der Waals surface area contributed by atoms with Crippen molar-refractivity contribution in [2.75, 3.05) is 26.8 Å². The van der Waals surface area contributed by atoms with E-state index in [4.69, 9.17) is 4.74 Å². The number of amides is 1. The standard InChI is InChI=1S/C14H18FNO4/c1-3-16(8-7-14(18)19-2)13(17)10-20-12-6-4-5-11(15)9-12/h4-6,9H,3,7-8,10H2,1-2H3. The van der Waals surface area contributed by atoms with Crippen molar-refractivity contribution in [3.05, 3.63) is 30.1 Å². The fourth-order valence-electron chi connectivity index (χ4n) is 1.58. The fraction of sp³-hybridized carbons (Fsp3) is 0.429. The average molecular weight is 283 g/mol. The number of hydrogen-bond acceptors (Lipinski definition) is 4. The van der Waals surface area contributed by atoms with Gasteiger partial charge in [0.15, 0.2) is 6.61 Å². The molecule has 1 aromatic carbocycles. The molecule has 20 heavy (non-hydrogen) atoms. The Morgan fingerprint density at radius 1 is 1.35 bits per heavy atom. The average Bonchev–Trinajstić information content (AvgIpc) is 2.45. The molecule has 0 fully saturated rings. The Morgan fingerprint density at radius 2 is 2.10 bits per heavy atom. The predicted octanol–water partition coefficient (Wildman–Crippen LogP) is 1.62. The van der Waals surface area contributed by atoms with E-state index in [1.54, 1.807) is 13.0 Å². The van der Waals surface area contributed by atoms with Gasteiger partial charge >= 0.3 is 5.97 Å². The number of benzene rings is 1. The Balaban J connectivity index is 2.45. The summed E-state index contributed by atoms with van der Waals surface area (Å²) >= 11 is 0. The number of hydrogen-bond donors (Lipinski definition) is 0. The molecule has 0 aliphatic rings. The summed E-state index contributed by atoms with van der Waals surface area (Å²) in [6.07, 6.45) is 0.135. The zero-order chi connectivity index (χ0) is 15.0. The van der Waals surface area contributed by atoms with Crippen LogP contribution in [-0.4, -0.2) is 43.6 Å². The topological polar surface area (TPSA) is 55.8 Å². The van der Waals surface area contributed by atoms with E-state index < -0.39 is 5.82 Å². The largest absolute Gasteiger partial charge is 0.484 e. The zero-order valence-electron chi connectivity index (χ0n) is 11.6. The number of nitrogens with zero attached hydrogens (tertiary/aromatic N) is 1. The van der Waals surface area contributed by atoms with Gasteiger partial charge in [0.2, 0.25) is 0 Å². The van der Waals surface area contributed by atoms with Crippen LogP contribution < -0.4 is 4.74 Å². The Kier molecular flexibility index (Phi) is 6.49. The summed E-state index contributed by atoms with van der Waals surface area (Å²) in [6, 6.07) is 5.58. The third-order valence-electron chi connectivity index (χ3n) is 2.71. The number of rotatable bonds is 7. The predicted molar refractivity (Wildman–Crippen MR) is 70.8 cm³/mol. The lowest BCUT2D eigenvalue weighted by Gasteiger charge is -2.20. The minimum Gasteiger partial charge on any atom is -0.484 e. The monoisotopic (exact) mass is 283 g/mol. The fourth-order valence-corrected chi connectivity index (χ4v) is 1.58. The van der Waals surface area contributed by atoms with Crippen LogP contribution in [0, 0.1) is 5.82 Å². The van der Waals surface area contributed by atoms with Gasteiger partial charge in [-0.05, 0) is 19.1 Å². The van der Waals surface area contributed by atoms with Gasteiger partial charge in [0.05, 0.1) is 13.5 Å². The maximum atomic E-state index is 12.9. The molecule has 0 N–H and O–H groups in total. The van der Waals surface area contributed by atoms with Crippen LogP contribution in [0.4, 0.5) is 4.39 Å². The summed E-state index contributed by atoms with van der Waals surface area (Å²) in [4.78, 5) is 24.4. The molecule has 0 spiro atoms. The van der Waals surface area contributed by atoms with Gasteiger partial charge in [-0.3, -0.25) is 9.59 Å². The van der Waals surface area contributed by atoms with Crippen LogP contribution in [0.5, 0.6) is 5.75 Å². The Labute approximate surface area is 117 Å². The van der Waals surface area contributed by atoms with Crippen LogP contribution in [0.15, 0.2) is 24.3 Å². The molecule has 6 heteroatoms. The maximum absolute atomic E-state index is 12.9. The van der Waals surface area contributed by atoms with Crippen LogP contribution in [0.25, 0.3) is 0 Å². The Bertz CT molecular complexity index is 464. The second-order valence-electron chi connectivity index (χ2n) is 4.05. The van der Waals surface area contributed by atoms with E-state index in [9.17, 15) is 14.0 Å². The van der Waals surface area contributed by atoms with Gasteiger partial charge < -0.3 is 14.4 Å². The molecule has 1 aromatic rings. The second kappa shape index (κ2) is 8.14. The summed E-state index contributed by atoms with van der Waals surface area (Å²) < 4.78 is 22.7. The second-order valence-corrected chi connectivity index (χ2v) is 4.05. The van der Waals surface area contributed by atoms with Crippen LogP contribution in [0.2, 0.25) is 0 Å². The van der Waals surface area contributed by atoms with Gasteiger partial charge in [-0.2, -0.15) is 0 Å². The van der Waals surface area contributed by atoms with Crippen molar-refractivity contribution < 1.29 is 23.5 Å². The molecule has 0 bridgehead atoms. The lowest BCUT2D eigenvalue weighted by molar-refractivity contribution is -0.142. The molecule has 5 nitrogen and oxygen atoms in total. The molecule has 0 aliphatic heterocycles. The summed E-state index contributed by atoms with van der Waals surface area (Å²) in [6.45, 7) is 2.34. The van der Waals surface area contributed by atoms with Crippen LogP contribution in [0.1, 0.15) is 13.3 Å². The van der Waals surface area contributed by atoms with Crippen molar-refractivity contribution in [1.29, 1.82) is 0 Å². The number of esters is 1. The number of carbonyl (C=O) groups is 2. The van der Waals surface area contributed by atoms with Gasteiger partial charge in [0, 0.05) is 19.2 Å². The molecular weight excluding hydrogens is 265 g/mol. The SMILES string of the molecule is CCN(CCC(=O)OC)C(=O)COc1cccc(F)c1. The number of carbonyl (C=O) groups excluding carboxylic acids is 2. The third-order valence-corrected chi connectivity index (χ3v) is 2.71. The summed E-state index contributed by atoms with van der Waals surface area (Å²) in [5.41, 5.74) is 0. The maximum Gasteiger partial charge on any atom is 0.307 e. The number of methoxy groups -OCH3 is 1. The van der Waals surface area contributed by atoms with E-state index in [1.807, 2.05) is 0 Å². The van der Waals surface area contributed by atoms with E-state index in [-0.39, 0.29) is 31.4 Å². The van der Waals surface area contributed by atoms with Crippen molar-refractivity contribution in [3.8, 4) is 5.75 Å². The molecule has 1 amide bonds. The first-order valence-corrected chi connectivity index (χ1v) is 6.29. The molecular formula is C14H18FNO4. The number of halogens is 1. The van der Waals surface area contributed by atoms with Gasteiger partial charge in [0.1, 0.15) is 11.6 Å². The smallest absolute Gasteiger partial charge is 0.307 e. The highest BCUT2D eigenvalue weighted by Crippen LogP contribution is 2.11. The zero-order valence-corrected chi connectivity index (χ0v) is 11.6. The van der Waals surface area contributed by atoms with Crippen molar-refractivity contribution in [1.82, 2.24) is 4.90 Å². The molecule has 0 heterocycles. The van der Waals surface area contributed by atoms with E-state index in [0.717, 1.165) is 0 Å². The molecule has 1 rings (SSSR count). The minimum absolute atomic E-state index is 0.135. The van der Waals surface area contributed by atoms with Crippen molar-refractivity contribution >= 4 is 11.9 Å². The lowest BCUT2D eigenvalue weighted by Crippen LogP contribution is -2.36. The summed E-state index contributed by atoms with van der Waals surface area (Å²) in [5.74, 6) is -0.765. The molecule has 0 atom stereocenters. The quantitative estimate of drug-likeness (QED) is 0.713. The molecule has 0 radical (unpaired) electrons. The Hall–Kier alpha value is -2.11. The van der Waals surface area contributed by atoms with Crippen LogP contribution in [-0.2, 0) is 14.3 Å². The highest BCUT2D eigenvalue weighted by molar-refractivity contribution is 5.78. The van der Waals surface area contributed by atoms with Crippen molar-refractivity contribution in [2.24, 2.45) is 0 Å². The normalized spacial score (nSPS) is 9.95. The molecule has 0 aliphatic carbocycles. The third kappa shape index (κ3) is 5.26.